The molecule has 0 aliphatic rings. The number of hydrogen-bond donors (Lipinski definition) is 0. The lowest BCUT2D eigenvalue weighted by Gasteiger charge is -2.36. The van der Waals surface area contributed by atoms with Crippen LogP contribution in [0, 0.1) is 0 Å². The van der Waals surface area contributed by atoms with E-state index in [0.717, 1.165) is 38.1 Å². The summed E-state index contributed by atoms with van der Waals surface area (Å²) >= 11 is 0. The third-order valence-corrected chi connectivity index (χ3v) is 14.9. The average molecular weight is 577 g/mol. The van der Waals surface area contributed by atoms with Crippen LogP contribution >= 0.6 is 0 Å². The Labute approximate surface area is 243 Å². The maximum absolute atomic E-state index is 6.48. The van der Waals surface area contributed by atoms with Gasteiger partial charge in [0.1, 0.15) is 0 Å². The van der Waals surface area contributed by atoms with Crippen LogP contribution in [0.25, 0.3) is 0 Å². The SMILES string of the molecule is CCCCO[Si](CCCC)(CCCC)OCCCC.CCCC[Si](CCCC)(OC(C)CC)OC(C)CC. The lowest BCUT2D eigenvalue weighted by Crippen LogP contribution is -2.46. The lowest BCUT2D eigenvalue weighted by atomic mass is 10.3. The zero-order valence-electron chi connectivity index (χ0n) is 27.9. The number of hydrogen-bond acceptors (Lipinski definition) is 4. The third kappa shape index (κ3) is 21.1. The van der Waals surface area contributed by atoms with Crippen molar-refractivity contribution in [2.24, 2.45) is 0 Å². The van der Waals surface area contributed by atoms with Gasteiger partial charge >= 0.3 is 17.1 Å². The minimum Gasteiger partial charge on any atom is -0.394 e. The molecule has 0 aromatic rings. The summed E-state index contributed by atoms with van der Waals surface area (Å²) in [7, 11) is -3.92. The summed E-state index contributed by atoms with van der Waals surface area (Å²) in [5.74, 6) is 0. The summed E-state index contributed by atoms with van der Waals surface area (Å²) in [6.07, 6.45) is 17.5. The van der Waals surface area contributed by atoms with Gasteiger partial charge in [0.15, 0.2) is 0 Å². The van der Waals surface area contributed by atoms with Gasteiger partial charge in [-0.25, -0.2) is 0 Å². The van der Waals surface area contributed by atoms with Crippen LogP contribution in [0.1, 0.15) is 159 Å². The normalized spacial score (nSPS) is 13.7. The van der Waals surface area contributed by atoms with Crippen molar-refractivity contribution in [3.8, 4) is 0 Å². The molecule has 0 bridgehead atoms. The maximum Gasteiger partial charge on any atom is 0.338 e. The zero-order chi connectivity index (χ0) is 29.1. The molecule has 0 heterocycles. The third-order valence-electron chi connectivity index (χ3n) is 7.35. The molecule has 2 unspecified atom stereocenters. The van der Waals surface area contributed by atoms with Crippen molar-refractivity contribution in [1.29, 1.82) is 0 Å². The molecule has 0 radical (unpaired) electrons. The molecular weight excluding hydrogens is 505 g/mol. The van der Waals surface area contributed by atoms with Crippen molar-refractivity contribution in [3.05, 3.63) is 0 Å². The van der Waals surface area contributed by atoms with Crippen molar-refractivity contribution in [2.75, 3.05) is 13.2 Å². The molecule has 0 rings (SSSR count). The van der Waals surface area contributed by atoms with Gasteiger partial charge in [-0.1, -0.05) is 120 Å². The molecule has 0 aliphatic carbocycles. The van der Waals surface area contributed by atoms with Gasteiger partial charge in [0.25, 0.3) is 0 Å². The van der Waals surface area contributed by atoms with E-state index in [2.05, 4.69) is 69.2 Å². The monoisotopic (exact) mass is 576 g/mol. The fourth-order valence-electron chi connectivity index (χ4n) is 4.33. The minimum absolute atomic E-state index is 0.337. The predicted octanol–water partition coefficient (Wildman–Crippen LogP) is 11.3. The Morgan fingerprint density at radius 3 is 0.974 bits per heavy atom. The van der Waals surface area contributed by atoms with Crippen molar-refractivity contribution < 1.29 is 17.7 Å². The van der Waals surface area contributed by atoms with E-state index in [1.165, 1.54) is 89.1 Å². The van der Waals surface area contributed by atoms with Gasteiger partial charge in [0.2, 0.25) is 0 Å². The first-order valence-corrected chi connectivity index (χ1v) is 21.4. The molecule has 4 nitrogen and oxygen atoms in total. The van der Waals surface area contributed by atoms with Gasteiger partial charge in [0.05, 0.1) is 0 Å². The highest BCUT2D eigenvalue weighted by atomic mass is 28.4. The Hall–Kier alpha value is 0.274. The van der Waals surface area contributed by atoms with Crippen LogP contribution in [-0.4, -0.2) is 42.5 Å². The van der Waals surface area contributed by atoms with E-state index in [-0.39, 0.29) is 0 Å². The van der Waals surface area contributed by atoms with Crippen LogP contribution in [0.3, 0.4) is 0 Å². The highest BCUT2D eigenvalue weighted by Gasteiger charge is 2.39. The van der Waals surface area contributed by atoms with E-state index < -0.39 is 17.1 Å². The molecule has 232 valence electrons. The van der Waals surface area contributed by atoms with Crippen LogP contribution < -0.4 is 0 Å². The van der Waals surface area contributed by atoms with E-state index in [1.807, 2.05) is 0 Å². The Balaban J connectivity index is 0. The lowest BCUT2D eigenvalue weighted by molar-refractivity contribution is 0.0856. The first-order valence-electron chi connectivity index (χ1n) is 16.9. The Kier molecular flexibility index (Phi) is 29.2. The van der Waals surface area contributed by atoms with E-state index in [0.29, 0.717) is 12.2 Å². The molecule has 0 aromatic heterocycles. The highest BCUT2D eigenvalue weighted by Crippen LogP contribution is 2.29. The maximum atomic E-state index is 6.48. The van der Waals surface area contributed by atoms with Gasteiger partial charge in [-0.15, -0.1) is 0 Å². The zero-order valence-corrected chi connectivity index (χ0v) is 29.9. The van der Waals surface area contributed by atoms with E-state index >= 15 is 0 Å². The van der Waals surface area contributed by atoms with Gasteiger partial charge in [-0.05, 0) is 63.7 Å². The van der Waals surface area contributed by atoms with Crippen LogP contribution in [-0.2, 0) is 17.7 Å². The second-order valence-electron chi connectivity index (χ2n) is 11.3. The molecule has 38 heavy (non-hydrogen) atoms. The topological polar surface area (TPSA) is 36.9 Å². The molecule has 0 saturated heterocycles. The summed E-state index contributed by atoms with van der Waals surface area (Å²) in [6, 6.07) is 4.71. The first-order chi connectivity index (χ1) is 18.3. The van der Waals surface area contributed by atoms with Gasteiger partial charge in [0, 0.05) is 25.4 Å². The fraction of sp³-hybridized carbons (Fsp3) is 1.00. The van der Waals surface area contributed by atoms with Crippen molar-refractivity contribution in [2.45, 2.75) is 196 Å². The molecule has 0 saturated carbocycles. The van der Waals surface area contributed by atoms with Crippen molar-refractivity contribution >= 4 is 17.1 Å². The van der Waals surface area contributed by atoms with Gasteiger partial charge in [-0.2, -0.15) is 0 Å². The summed E-state index contributed by atoms with van der Waals surface area (Å²) in [6.45, 7) is 24.1. The van der Waals surface area contributed by atoms with E-state index in [4.69, 9.17) is 17.7 Å². The molecule has 0 fully saturated rings. The van der Waals surface area contributed by atoms with E-state index in [1.54, 1.807) is 0 Å². The first kappa shape index (κ1) is 40.4. The Morgan fingerprint density at radius 2 is 0.711 bits per heavy atom. The van der Waals surface area contributed by atoms with Gasteiger partial charge in [-0.3, -0.25) is 0 Å². The van der Waals surface area contributed by atoms with Crippen LogP contribution in [0.5, 0.6) is 0 Å². The highest BCUT2D eigenvalue weighted by molar-refractivity contribution is 6.67. The molecular formula is C32H72O4Si2. The predicted molar refractivity (Wildman–Crippen MR) is 174 cm³/mol. The smallest absolute Gasteiger partial charge is 0.338 e. The molecule has 2 atom stereocenters. The minimum atomic E-state index is -2.01. The second-order valence-corrected chi connectivity index (χ2v) is 18.0. The van der Waals surface area contributed by atoms with Crippen molar-refractivity contribution in [1.82, 2.24) is 0 Å². The molecule has 0 aliphatic heterocycles. The standard InChI is InChI=1S/2C16H36O2Si/c1-7-11-13-19(14-12-8-2,17-15(5)9-3)18-16(6)10-4;1-5-9-13-17-19(15-11-7-3,16-12-8-4)18-14-10-6-2/h15-16H,7-14H2,1-6H3;5-16H2,1-4H3. The summed E-state index contributed by atoms with van der Waals surface area (Å²) in [4.78, 5) is 0. The number of unbranched alkanes of at least 4 members (excludes halogenated alkanes) is 6. The van der Waals surface area contributed by atoms with Gasteiger partial charge < -0.3 is 17.7 Å². The molecule has 0 amide bonds. The molecule has 0 spiro atoms. The number of rotatable bonds is 26. The largest absolute Gasteiger partial charge is 0.394 e. The second kappa shape index (κ2) is 27.4. The molecule has 0 N–H and O–H groups in total. The average Bonchev–Trinajstić information content (AvgIpc) is 2.93. The van der Waals surface area contributed by atoms with Crippen molar-refractivity contribution in [3.63, 3.8) is 0 Å². The quantitative estimate of drug-likeness (QED) is 0.0758. The molecule has 6 heteroatoms. The summed E-state index contributed by atoms with van der Waals surface area (Å²) < 4.78 is 25.6. The van der Waals surface area contributed by atoms with Crippen LogP contribution in [0.2, 0.25) is 24.2 Å². The Bertz CT molecular complexity index is 436. The molecule has 0 aromatic carbocycles. The van der Waals surface area contributed by atoms with E-state index in [9.17, 15) is 0 Å². The van der Waals surface area contributed by atoms with Crippen LogP contribution in [0.15, 0.2) is 0 Å². The fourth-order valence-corrected chi connectivity index (χ4v) is 12.4. The summed E-state index contributed by atoms with van der Waals surface area (Å²) in [5.41, 5.74) is 0. The summed E-state index contributed by atoms with van der Waals surface area (Å²) in [5, 5.41) is 0. The Morgan fingerprint density at radius 1 is 0.421 bits per heavy atom. The van der Waals surface area contributed by atoms with Crippen LogP contribution in [0.4, 0.5) is 0 Å².